The van der Waals surface area contributed by atoms with E-state index < -0.39 is 11.9 Å². The third kappa shape index (κ3) is 2.71. The molecule has 0 radical (unpaired) electrons. The first kappa shape index (κ1) is 14.6. The van der Waals surface area contributed by atoms with E-state index in [2.05, 4.69) is 5.10 Å². The molecule has 110 valence electrons. The minimum Gasteiger partial charge on any atom is -0.465 e. The molecule has 2 aromatic rings. The Bertz CT molecular complexity index is 679. The zero-order valence-corrected chi connectivity index (χ0v) is 11.7. The fourth-order valence-electron chi connectivity index (χ4n) is 1.86. The van der Waals surface area contributed by atoms with Gasteiger partial charge >= 0.3 is 11.9 Å². The number of para-hydroxylation sites is 1. The molecule has 0 aliphatic heterocycles. The highest BCUT2D eigenvalue weighted by Gasteiger charge is 2.20. The van der Waals surface area contributed by atoms with Crippen LogP contribution in [0.4, 0.5) is 5.82 Å². The van der Waals surface area contributed by atoms with Gasteiger partial charge in [0, 0.05) is 0 Å². The molecule has 1 heterocycles. The molecule has 0 saturated heterocycles. The molecule has 0 aliphatic rings. The number of nitrogen functional groups attached to an aromatic ring is 1. The third-order valence-corrected chi connectivity index (χ3v) is 2.84. The van der Waals surface area contributed by atoms with Crippen LogP contribution < -0.4 is 5.73 Å². The Morgan fingerprint density at radius 1 is 1.24 bits per heavy atom. The van der Waals surface area contributed by atoms with E-state index >= 15 is 0 Å². The van der Waals surface area contributed by atoms with Gasteiger partial charge in [0.1, 0.15) is 11.4 Å². The van der Waals surface area contributed by atoms with Crippen LogP contribution in [0.15, 0.2) is 30.5 Å². The summed E-state index contributed by atoms with van der Waals surface area (Å²) in [7, 11) is 1.29. The van der Waals surface area contributed by atoms with Gasteiger partial charge in [0.05, 0.1) is 31.2 Å². The molecule has 7 heteroatoms. The summed E-state index contributed by atoms with van der Waals surface area (Å²) in [5.41, 5.74) is 6.80. The van der Waals surface area contributed by atoms with Gasteiger partial charge in [-0.3, -0.25) is 0 Å². The SMILES string of the molecule is CCOC(=O)c1cnn(-c2ccccc2C(=O)OC)c1N. The predicted octanol–water partition coefficient (Wildman–Crippen LogP) is 1.42. The Hall–Kier alpha value is -2.83. The maximum Gasteiger partial charge on any atom is 0.343 e. The fourth-order valence-corrected chi connectivity index (χ4v) is 1.86. The zero-order valence-electron chi connectivity index (χ0n) is 11.7. The van der Waals surface area contributed by atoms with Crippen LogP contribution in [-0.2, 0) is 9.47 Å². The molecule has 1 aromatic heterocycles. The summed E-state index contributed by atoms with van der Waals surface area (Å²) >= 11 is 0. The van der Waals surface area contributed by atoms with Crippen molar-refractivity contribution in [2.45, 2.75) is 6.92 Å². The van der Waals surface area contributed by atoms with Crippen LogP contribution >= 0.6 is 0 Å². The topological polar surface area (TPSA) is 96.4 Å². The quantitative estimate of drug-likeness (QED) is 0.855. The Morgan fingerprint density at radius 2 is 1.95 bits per heavy atom. The highest BCUT2D eigenvalue weighted by Crippen LogP contribution is 2.21. The molecule has 0 aliphatic carbocycles. The third-order valence-electron chi connectivity index (χ3n) is 2.84. The van der Waals surface area contributed by atoms with E-state index in [1.54, 1.807) is 31.2 Å². The average molecular weight is 289 g/mol. The summed E-state index contributed by atoms with van der Waals surface area (Å²) in [6.45, 7) is 1.94. The summed E-state index contributed by atoms with van der Waals surface area (Å²) < 4.78 is 10.9. The first-order chi connectivity index (χ1) is 10.1. The number of carbonyl (C=O) groups is 2. The molecular formula is C14H15N3O4. The maximum absolute atomic E-state index is 11.8. The van der Waals surface area contributed by atoms with Gasteiger partial charge in [0.25, 0.3) is 0 Å². The minimum atomic E-state index is -0.559. The number of hydrogen-bond donors (Lipinski definition) is 1. The Kier molecular flexibility index (Phi) is 4.22. The van der Waals surface area contributed by atoms with Gasteiger partial charge in [-0.05, 0) is 19.1 Å². The largest absolute Gasteiger partial charge is 0.465 e. The van der Waals surface area contributed by atoms with Gasteiger partial charge in [0.15, 0.2) is 0 Å². The van der Waals surface area contributed by atoms with Crippen molar-refractivity contribution in [1.82, 2.24) is 9.78 Å². The first-order valence-corrected chi connectivity index (χ1v) is 6.28. The molecular weight excluding hydrogens is 274 g/mol. The molecule has 7 nitrogen and oxygen atoms in total. The van der Waals surface area contributed by atoms with Crippen LogP contribution in [0.3, 0.4) is 0 Å². The van der Waals surface area contributed by atoms with Crippen molar-refractivity contribution in [3.63, 3.8) is 0 Å². The summed E-state index contributed by atoms with van der Waals surface area (Å²) in [5.74, 6) is -0.972. The van der Waals surface area contributed by atoms with E-state index in [0.29, 0.717) is 11.3 Å². The number of hydrogen-bond acceptors (Lipinski definition) is 6. The Balaban J connectivity index is 2.49. The van der Waals surface area contributed by atoms with Crippen LogP contribution in [0, 0.1) is 0 Å². The lowest BCUT2D eigenvalue weighted by atomic mass is 10.2. The number of ether oxygens (including phenoxy) is 2. The number of anilines is 1. The van der Waals surface area contributed by atoms with Gasteiger partial charge in [-0.25, -0.2) is 14.3 Å². The van der Waals surface area contributed by atoms with Gasteiger partial charge in [-0.2, -0.15) is 5.10 Å². The molecule has 0 spiro atoms. The molecule has 0 fully saturated rings. The number of carbonyl (C=O) groups excluding carboxylic acids is 2. The Labute approximate surface area is 121 Å². The summed E-state index contributed by atoms with van der Waals surface area (Å²) in [4.78, 5) is 23.5. The lowest BCUT2D eigenvalue weighted by molar-refractivity contribution is 0.0526. The number of benzene rings is 1. The maximum atomic E-state index is 11.8. The smallest absolute Gasteiger partial charge is 0.343 e. The van der Waals surface area contributed by atoms with Crippen molar-refractivity contribution >= 4 is 17.8 Å². The number of methoxy groups -OCH3 is 1. The number of aromatic nitrogens is 2. The van der Waals surface area contributed by atoms with Crippen molar-refractivity contribution in [2.24, 2.45) is 0 Å². The fraction of sp³-hybridized carbons (Fsp3) is 0.214. The molecule has 1 aromatic carbocycles. The van der Waals surface area contributed by atoms with Gasteiger partial charge in [-0.1, -0.05) is 12.1 Å². The van der Waals surface area contributed by atoms with Gasteiger partial charge in [0.2, 0.25) is 0 Å². The average Bonchev–Trinajstić information content (AvgIpc) is 2.88. The number of rotatable bonds is 4. The molecule has 0 bridgehead atoms. The molecule has 21 heavy (non-hydrogen) atoms. The second-order valence-corrected chi connectivity index (χ2v) is 4.08. The van der Waals surface area contributed by atoms with Crippen molar-refractivity contribution < 1.29 is 19.1 Å². The summed E-state index contributed by atoms with van der Waals surface area (Å²) in [5, 5.41) is 4.05. The van der Waals surface area contributed by atoms with Gasteiger partial charge in [-0.15, -0.1) is 0 Å². The number of nitrogens with two attached hydrogens (primary N) is 1. The lowest BCUT2D eigenvalue weighted by Crippen LogP contribution is -2.12. The van der Waals surface area contributed by atoms with Crippen molar-refractivity contribution in [3.8, 4) is 5.69 Å². The normalized spacial score (nSPS) is 10.2. The monoisotopic (exact) mass is 289 g/mol. The van der Waals surface area contributed by atoms with Crippen LogP contribution in [0.2, 0.25) is 0 Å². The predicted molar refractivity (Wildman–Crippen MR) is 75.3 cm³/mol. The van der Waals surface area contributed by atoms with E-state index in [1.165, 1.54) is 18.0 Å². The molecule has 2 rings (SSSR count). The summed E-state index contributed by atoms with van der Waals surface area (Å²) in [6, 6.07) is 6.67. The van der Waals surface area contributed by atoms with E-state index in [4.69, 9.17) is 15.2 Å². The molecule has 0 atom stereocenters. The summed E-state index contributed by atoms with van der Waals surface area (Å²) in [6.07, 6.45) is 1.31. The van der Waals surface area contributed by atoms with Crippen molar-refractivity contribution in [3.05, 3.63) is 41.6 Å². The molecule has 0 unspecified atom stereocenters. The molecule has 0 saturated carbocycles. The van der Waals surface area contributed by atoms with E-state index in [1.807, 2.05) is 0 Å². The van der Waals surface area contributed by atoms with Gasteiger partial charge < -0.3 is 15.2 Å². The standard InChI is InChI=1S/C14H15N3O4/c1-3-21-14(19)10-8-16-17(12(10)15)11-7-5-4-6-9(11)13(18)20-2/h4-8H,3,15H2,1-2H3. The number of esters is 2. The highest BCUT2D eigenvalue weighted by molar-refractivity contribution is 5.96. The minimum absolute atomic E-state index is 0.102. The van der Waals surface area contributed by atoms with E-state index in [9.17, 15) is 9.59 Å². The van der Waals surface area contributed by atoms with Crippen LogP contribution in [0.5, 0.6) is 0 Å². The molecule has 0 amide bonds. The molecule has 2 N–H and O–H groups in total. The van der Waals surface area contributed by atoms with E-state index in [-0.39, 0.29) is 18.0 Å². The lowest BCUT2D eigenvalue weighted by Gasteiger charge is -2.09. The van der Waals surface area contributed by atoms with Crippen LogP contribution in [0.25, 0.3) is 5.69 Å². The Morgan fingerprint density at radius 3 is 2.62 bits per heavy atom. The number of nitrogens with zero attached hydrogens (tertiary/aromatic N) is 2. The van der Waals surface area contributed by atoms with Crippen molar-refractivity contribution in [2.75, 3.05) is 19.5 Å². The highest BCUT2D eigenvalue weighted by atomic mass is 16.5. The first-order valence-electron chi connectivity index (χ1n) is 6.28. The second-order valence-electron chi connectivity index (χ2n) is 4.08. The second kappa shape index (κ2) is 6.08. The van der Waals surface area contributed by atoms with Crippen LogP contribution in [-0.4, -0.2) is 35.4 Å². The van der Waals surface area contributed by atoms with Crippen molar-refractivity contribution in [1.29, 1.82) is 0 Å². The van der Waals surface area contributed by atoms with Crippen LogP contribution in [0.1, 0.15) is 27.6 Å². The van der Waals surface area contributed by atoms with E-state index in [0.717, 1.165) is 0 Å². The zero-order chi connectivity index (χ0) is 15.4.